The van der Waals surface area contributed by atoms with Crippen molar-refractivity contribution in [1.29, 1.82) is 0 Å². The highest BCUT2D eigenvalue weighted by Gasteiger charge is 2.30. The largest absolute Gasteiger partial charge is 0.454 e. The zero-order valence-electron chi connectivity index (χ0n) is 13.5. The first kappa shape index (κ1) is 18.2. The van der Waals surface area contributed by atoms with E-state index >= 15 is 0 Å². The molecule has 140 valence electrons. The predicted octanol–water partition coefficient (Wildman–Crippen LogP) is 2.52. The molecule has 0 fully saturated rings. The second-order valence-electron chi connectivity index (χ2n) is 5.34. The van der Waals surface area contributed by atoms with Gasteiger partial charge in [-0.25, -0.2) is 5.43 Å². The molecule has 1 heterocycles. The molecule has 0 bridgehead atoms. The van der Waals surface area contributed by atoms with Gasteiger partial charge in [0, 0.05) is 5.69 Å². The molecule has 10 heteroatoms. The third kappa shape index (κ3) is 4.54. The number of anilines is 1. The molecule has 0 saturated carbocycles. The molecule has 0 aliphatic carbocycles. The van der Waals surface area contributed by atoms with Gasteiger partial charge < -0.3 is 14.8 Å². The lowest BCUT2D eigenvalue weighted by Gasteiger charge is -2.09. The first-order valence-electron chi connectivity index (χ1n) is 7.54. The number of ether oxygens (including phenoxy) is 2. The molecule has 2 N–H and O–H groups in total. The van der Waals surface area contributed by atoms with Gasteiger partial charge in [-0.1, -0.05) is 6.07 Å². The van der Waals surface area contributed by atoms with Crippen LogP contribution in [0.2, 0.25) is 0 Å². The average molecular weight is 379 g/mol. The summed E-state index contributed by atoms with van der Waals surface area (Å²) in [5, 5.41) is 5.70. The molecule has 2 amide bonds. The Labute approximate surface area is 150 Å². The molecule has 7 nitrogen and oxygen atoms in total. The van der Waals surface area contributed by atoms with Crippen LogP contribution in [0.25, 0.3) is 0 Å². The van der Waals surface area contributed by atoms with Gasteiger partial charge in [-0.15, -0.1) is 0 Å². The molecule has 3 rings (SSSR count). The second kappa shape index (κ2) is 7.36. The van der Waals surface area contributed by atoms with Crippen LogP contribution in [0.3, 0.4) is 0 Å². The van der Waals surface area contributed by atoms with Crippen molar-refractivity contribution in [2.75, 3.05) is 12.1 Å². The van der Waals surface area contributed by atoms with E-state index in [1.165, 1.54) is 12.3 Å². The molecule has 0 radical (unpaired) electrons. The van der Waals surface area contributed by atoms with E-state index in [-0.39, 0.29) is 12.5 Å². The van der Waals surface area contributed by atoms with Crippen molar-refractivity contribution in [3.8, 4) is 11.5 Å². The molecule has 0 spiro atoms. The summed E-state index contributed by atoms with van der Waals surface area (Å²) in [4.78, 5) is 23.5. The number of alkyl halides is 3. The van der Waals surface area contributed by atoms with Crippen molar-refractivity contribution >= 4 is 23.7 Å². The Morgan fingerprint density at radius 2 is 1.81 bits per heavy atom. The molecular weight excluding hydrogens is 367 g/mol. The first-order chi connectivity index (χ1) is 12.8. The number of fused-ring (bicyclic) bond motifs is 1. The number of hydrogen-bond donors (Lipinski definition) is 2. The highest BCUT2D eigenvalue weighted by atomic mass is 19.4. The smallest absolute Gasteiger partial charge is 0.416 e. The van der Waals surface area contributed by atoms with E-state index in [1.54, 1.807) is 18.2 Å². The summed E-state index contributed by atoms with van der Waals surface area (Å²) < 4.78 is 48.3. The molecular formula is C17H12F3N3O4. The Morgan fingerprint density at radius 1 is 1.04 bits per heavy atom. The monoisotopic (exact) mass is 379 g/mol. The van der Waals surface area contributed by atoms with Crippen molar-refractivity contribution in [3.05, 3.63) is 53.6 Å². The fourth-order valence-electron chi connectivity index (χ4n) is 2.17. The lowest BCUT2D eigenvalue weighted by molar-refractivity contribution is -0.137. The van der Waals surface area contributed by atoms with Gasteiger partial charge in [0.1, 0.15) is 0 Å². The van der Waals surface area contributed by atoms with Gasteiger partial charge in [-0.3, -0.25) is 9.59 Å². The van der Waals surface area contributed by atoms with Gasteiger partial charge in [0.25, 0.3) is 0 Å². The summed E-state index contributed by atoms with van der Waals surface area (Å²) in [6.07, 6.45) is -3.28. The number of rotatable bonds is 3. The van der Waals surface area contributed by atoms with E-state index in [2.05, 4.69) is 10.4 Å². The topological polar surface area (TPSA) is 89.0 Å². The average Bonchev–Trinajstić information content (AvgIpc) is 3.09. The summed E-state index contributed by atoms with van der Waals surface area (Å²) in [5.74, 6) is -1.19. The van der Waals surface area contributed by atoms with Gasteiger partial charge in [0.05, 0.1) is 11.8 Å². The van der Waals surface area contributed by atoms with Crippen LogP contribution in [0.4, 0.5) is 18.9 Å². The zero-order chi connectivity index (χ0) is 19.4. The molecule has 1 aliphatic heterocycles. The standard InChI is InChI=1S/C17H12F3N3O4/c18-17(19,20)11-2-1-3-12(7-11)22-15(24)16(25)23-21-8-10-4-5-13-14(6-10)27-9-26-13/h1-8H,9H2,(H,22,24)(H,23,25)/b21-8-. The Kier molecular flexibility index (Phi) is 4.97. The van der Waals surface area contributed by atoms with E-state index in [4.69, 9.17) is 9.47 Å². The third-order valence-electron chi connectivity index (χ3n) is 3.43. The quantitative estimate of drug-likeness (QED) is 0.487. The number of carbonyl (C=O) groups is 2. The number of amides is 2. The molecule has 2 aromatic rings. The number of carbonyl (C=O) groups excluding carboxylic acids is 2. The van der Waals surface area contributed by atoms with Crippen molar-refractivity contribution in [1.82, 2.24) is 5.43 Å². The minimum Gasteiger partial charge on any atom is -0.454 e. The molecule has 2 aromatic carbocycles. The maximum Gasteiger partial charge on any atom is 0.416 e. The van der Waals surface area contributed by atoms with E-state index in [1.807, 2.05) is 5.43 Å². The minimum atomic E-state index is -4.56. The third-order valence-corrected chi connectivity index (χ3v) is 3.43. The van der Waals surface area contributed by atoms with Gasteiger partial charge in [0.15, 0.2) is 11.5 Å². The van der Waals surface area contributed by atoms with E-state index in [9.17, 15) is 22.8 Å². The van der Waals surface area contributed by atoms with Crippen LogP contribution < -0.4 is 20.2 Å². The Morgan fingerprint density at radius 3 is 2.59 bits per heavy atom. The Hall–Kier alpha value is -3.56. The number of halogens is 3. The first-order valence-corrected chi connectivity index (χ1v) is 7.54. The minimum absolute atomic E-state index is 0.113. The zero-order valence-corrected chi connectivity index (χ0v) is 13.5. The predicted molar refractivity (Wildman–Crippen MR) is 88.4 cm³/mol. The van der Waals surface area contributed by atoms with Crippen LogP contribution in [0.1, 0.15) is 11.1 Å². The SMILES string of the molecule is O=C(N/N=C\c1ccc2c(c1)OCO2)C(=O)Nc1cccc(C(F)(F)F)c1. The van der Waals surface area contributed by atoms with E-state index in [0.29, 0.717) is 17.1 Å². The van der Waals surface area contributed by atoms with Crippen molar-refractivity contribution < 1.29 is 32.2 Å². The number of benzene rings is 2. The maximum atomic E-state index is 12.6. The van der Waals surface area contributed by atoms with Crippen LogP contribution in [0.5, 0.6) is 11.5 Å². The highest BCUT2D eigenvalue weighted by Crippen LogP contribution is 2.32. The van der Waals surface area contributed by atoms with Crippen LogP contribution >= 0.6 is 0 Å². The molecule has 0 saturated heterocycles. The van der Waals surface area contributed by atoms with Crippen LogP contribution in [0.15, 0.2) is 47.6 Å². The summed E-state index contributed by atoms with van der Waals surface area (Å²) in [7, 11) is 0. The van der Waals surface area contributed by atoms with Gasteiger partial charge in [-0.05, 0) is 42.0 Å². The molecule has 0 aromatic heterocycles. The van der Waals surface area contributed by atoms with Crippen molar-refractivity contribution in [2.45, 2.75) is 6.18 Å². The number of nitrogens with one attached hydrogen (secondary N) is 2. The lowest BCUT2D eigenvalue weighted by atomic mass is 10.2. The Balaban J connectivity index is 1.57. The molecule has 1 aliphatic rings. The van der Waals surface area contributed by atoms with Crippen LogP contribution in [-0.2, 0) is 15.8 Å². The highest BCUT2D eigenvalue weighted by molar-refractivity contribution is 6.39. The lowest BCUT2D eigenvalue weighted by Crippen LogP contribution is -2.32. The molecule has 27 heavy (non-hydrogen) atoms. The fourth-order valence-corrected chi connectivity index (χ4v) is 2.17. The van der Waals surface area contributed by atoms with Crippen molar-refractivity contribution in [2.24, 2.45) is 5.10 Å². The summed E-state index contributed by atoms with van der Waals surface area (Å²) in [5.41, 5.74) is 1.46. The normalized spacial score (nSPS) is 12.9. The molecule has 0 unspecified atom stereocenters. The molecule has 0 atom stereocenters. The number of hydrogen-bond acceptors (Lipinski definition) is 5. The maximum absolute atomic E-state index is 12.6. The summed E-state index contributed by atoms with van der Waals surface area (Å²) in [6, 6.07) is 8.87. The van der Waals surface area contributed by atoms with Gasteiger partial charge in [-0.2, -0.15) is 18.3 Å². The van der Waals surface area contributed by atoms with Gasteiger partial charge >= 0.3 is 18.0 Å². The van der Waals surface area contributed by atoms with Gasteiger partial charge in [0.2, 0.25) is 6.79 Å². The second-order valence-corrected chi connectivity index (χ2v) is 5.34. The van der Waals surface area contributed by atoms with E-state index in [0.717, 1.165) is 18.2 Å². The summed E-state index contributed by atoms with van der Waals surface area (Å²) >= 11 is 0. The number of nitrogens with zero attached hydrogens (tertiary/aromatic N) is 1. The van der Waals surface area contributed by atoms with Crippen LogP contribution in [0, 0.1) is 0 Å². The van der Waals surface area contributed by atoms with Crippen molar-refractivity contribution in [3.63, 3.8) is 0 Å². The van der Waals surface area contributed by atoms with E-state index < -0.39 is 23.6 Å². The number of hydrazone groups is 1. The van der Waals surface area contributed by atoms with Crippen LogP contribution in [-0.4, -0.2) is 24.8 Å². The summed E-state index contributed by atoms with van der Waals surface area (Å²) in [6.45, 7) is 0.113. The Bertz CT molecular complexity index is 913. The fraction of sp³-hybridized carbons (Fsp3) is 0.118.